The van der Waals surface area contributed by atoms with Gasteiger partial charge in [-0.2, -0.15) is 0 Å². The van der Waals surface area contributed by atoms with Gasteiger partial charge in [0.1, 0.15) is 11.6 Å². The van der Waals surface area contributed by atoms with Gasteiger partial charge < -0.3 is 20.3 Å². The number of amides is 3. The average molecular weight is 499 g/mol. The number of alkyl carbamates (subject to hydrolysis) is 1. The van der Waals surface area contributed by atoms with Crippen LogP contribution in [0.4, 0.5) is 10.5 Å². The minimum atomic E-state index is -1.22. The number of carbonyl (C=O) groups is 3. The maximum Gasteiger partial charge on any atom is 0.408 e. The first-order valence-electron chi connectivity index (χ1n) is 12.0. The Morgan fingerprint density at radius 1 is 0.919 bits per heavy atom. The summed E-state index contributed by atoms with van der Waals surface area (Å²) in [7, 11) is 1.65. The quantitative estimate of drug-likeness (QED) is 0.550. The molecule has 37 heavy (non-hydrogen) atoms. The van der Waals surface area contributed by atoms with E-state index in [9.17, 15) is 14.4 Å². The number of nitrogens with one attached hydrogen (secondary N) is 2. The van der Waals surface area contributed by atoms with E-state index in [1.165, 1.54) is 4.90 Å². The lowest BCUT2D eigenvalue weighted by atomic mass is 10.0. The zero-order chi connectivity index (χ0) is 26.6. The molecule has 0 bridgehead atoms. The van der Waals surface area contributed by atoms with Crippen molar-refractivity contribution in [3.8, 4) is 0 Å². The molecule has 2 N–H and O–H groups in total. The number of rotatable bonds is 5. The lowest BCUT2D eigenvalue weighted by Gasteiger charge is -2.25. The molecular weight excluding hydrogens is 468 g/mol. The topological polar surface area (TPSA) is 100 Å². The van der Waals surface area contributed by atoms with E-state index < -0.39 is 35.7 Å². The number of aliphatic imine (C=N–C) groups is 1. The molecule has 190 valence electrons. The molecule has 2 atom stereocenters. The molecule has 0 saturated carbocycles. The summed E-state index contributed by atoms with van der Waals surface area (Å²) in [6.07, 6.45) is -1.96. The zero-order valence-electron chi connectivity index (χ0n) is 21.3. The summed E-state index contributed by atoms with van der Waals surface area (Å²) in [5, 5.41) is 5.39. The lowest BCUT2D eigenvalue weighted by Crippen LogP contribution is -2.50. The van der Waals surface area contributed by atoms with Crippen LogP contribution in [0, 0.1) is 0 Å². The van der Waals surface area contributed by atoms with Crippen LogP contribution < -0.4 is 15.5 Å². The van der Waals surface area contributed by atoms with Crippen LogP contribution in [-0.4, -0.2) is 42.4 Å². The Morgan fingerprint density at radius 2 is 1.51 bits per heavy atom. The second-order valence-electron chi connectivity index (χ2n) is 9.66. The summed E-state index contributed by atoms with van der Waals surface area (Å²) in [4.78, 5) is 45.8. The van der Waals surface area contributed by atoms with Crippen LogP contribution in [0.15, 0.2) is 89.9 Å². The van der Waals surface area contributed by atoms with Crippen LogP contribution >= 0.6 is 0 Å². The van der Waals surface area contributed by atoms with E-state index in [2.05, 4.69) is 10.6 Å². The highest BCUT2D eigenvalue weighted by Gasteiger charge is 2.34. The number of carbonyl (C=O) groups excluding carboxylic acids is 3. The highest BCUT2D eigenvalue weighted by atomic mass is 16.6. The van der Waals surface area contributed by atoms with Crippen molar-refractivity contribution >= 4 is 29.3 Å². The number of hydrogen-bond acceptors (Lipinski definition) is 5. The van der Waals surface area contributed by atoms with E-state index in [0.717, 1.165) is 11.1 Å². The average Bonchev–Trinajstić information content (AvgIpc) is 2.98. The van der Waals surface area contributed by atoms with Crippen LogP contribution in [0.25, 0.3) is 0 Å². The molecular formula is C29H30N4O4. The van der Waals surface area contributed by atoms with Gasteiger partial charge in [0.25, 0.3) is 5.91 Å². The Morgan fingerprint density at radius 3 is 2.16 bits per heavy atom. The van der Waals surface area contributed by atoms with E-state index in [4.69, 9.17) is 9.73 Å². The standard InChI is InChI=1S/C29H30N4O4/c1-29(2,3)37-28(36)31-24(20-15-9-6-10-16-20)26(34)32-25-27(35)33(4)22-18-12-11-17-21(22)23(30-25)19-13-7-5-8-14-19/h5-18,24-25H,1-4H3,(H,31,36)(H,32,34)/t24-,25+/m1/s1. The number of para-hydroxylation sites is 1. The van der Waals surface area contributed by atoms with Crippen LogP contribution in [0.2, 0.25) is 0 Å². The van der Waals surface area contributed by atoms with Gasteiger partial charge in [0, 0.05) is 18.2 Å². The van der Waals surface area contributed by atoms with Gasteiger partial charge in [-0.15, -0.1) is 0 Å². The first kappa shape index (κ1) is 25.6. The maximum atomic E-state index is 13.6. The minimum Gasteiger partial charge on any atom is -0.444 e. The van der Waals surface area contributed by atoms with Crippen molar-refractivity contribution in [3.63, 3.8) is 0 Å². The van der Waals surface area contributed by atoms with Gasteiger partial charge in [0.2, 0.25) is 12.1 Å². The highest BCUT2D eigenvalue weighted by molar-refractivity contribution is 6.20. The van der Waals surface area contributed by atoms with Crippen LogP contribution in [0.1, 0.15) is 43.5 Å². The third-order valence-corrected chi connectivity index (χ3v) is 5.73. The predicted molar refractivity (Wildman–Crippen MR) is 142 cm³/mol. The fourth-order valence-electron chi connectivity index (χ4n) is 4.03. The second kappa shape index (κ2) is 10.7. The van der Waals surface area contributed by atoms with Crippen LogP contribution in [0.5, 0.6) is 0 Å². The predicted octanol–water partition coefficient (Wildman–Crippen LogP) is 4.21. The molecule has 3 aromatic carbocycles. The van der Waals surface area contributed by atoms with E-state index in [0.29, 0.717) is 17.0 Å². The van der Waals surface area contributed by atoms with Gasteiger partial charge >= 0.3 is 6.09 Å². The highest BCUT2D eigenvalue weighted by Crippen LogP contribution is 2.27. The molecule has 0 radical (unpaired) electrons. The van der Waals surface area contributed by atoms with Crippen molar-refractivity contribution in [1.29, 1.82) is 0 Å². The Kier molecular flexibility index (Phi) is 7.38. The number of nitrogens with zero attached hydrogens (tertiary/aromatic N) is 2. The monoisotopic (exact) mass is 498 g/mol. The minimum absolute atomic E-state index is 0.407. The van der Waals surface area contributed by atoms with Crippen molar-refractivity contribution in [2.45, 2.75) is 38.6 Å². The molecule has 0 spiro atoms. The molecule has 8 heteroatoms. The molecule has 3 aromatic rings. The summed E-state index contributed by atoms with van der Waals surface area (Å²) >= 11 is 0. The van der Waals surface area contributed by atoms with E-state index in [-0.39, 0.29) is 0 Å². The Labute approximate surface area is 216 Å². The SMILES string of the molecule is CN1C(=O)[C@H](NC(=O)[C@H](NC(=O)OC(C)(C)C)c2ccccc2)N=C(c2ccccc2)c2ccccc21. The second-order valence-corrected chi connectivity index (χ2v) is 9.66. The Hall–Kier alpha value is -4.46. The number of benzene rings is 3. The zero-order valence-corrected chi connectivity index (χ0v) is 21.3. The molecule has 1 aliphatic heterocycles. The summed E-state index contributed by atoms with van der Waals surface area (Å²) in [5.41, 5.74) is 2.63. The van der Waals surface area contributed by atoms with Gasteiger partial charge in [0.05, 0.1) is 11.4 Å². The lowest BCUT2D eigenvalue weighted by molar-refractivity contribution is -0.128. The maximum absolute atomic E-state index is 13.6. The molecule has 1 heterocycles. The van der Waals surface area contributed by atoms with Crippen molar-refractivity contribution in [2.75, 3.05) is 11.9 Å². The fraction of sp³-hybridized carbons (Fsp3) is 0.241. The summed E-state index contributed by atoms with van der Waals surface area (Å²) in [6, 6.07) is 24.6. The Balaban J connectivity index is 1.70. The third kappa shape index (κ3) is 6.03. The number of anilines is 1. The molecule has 0 fully saturated rings. The largest absolute Gasteiger partial charge is 0.444 e. The van der Waals surface area contributed by atoms with Crippen LogP contribution in [0.3, 0.4) is 0 Å². The number of likely N-dealkylation sites (N-methyl/N-ethyl adjacent to an activating group) is 1. The molecule has 1 aliphatic rings. The smallest absolute Gasteiger partial charge is 0.408 e. The van der Waals surface area contributed by atoms with Gasteiger partial charge in [-0.1, -0.05) is 78.9 Å². The van der Waals surface area contributed by atoms with Gasteiger partial charge in [-0.25, -0.2) is 9.79 Å². The van der Waals surface area contributed by atoms with E-state index in [1.807, 2.05) is 60.7 Å². The molecule has 0 aromatic heterocycles. The van der Waals surface area contributed by atoms with E-state index >= 15 is 0 Å². The fourth-order valence-corrected chi connectivity index (χ4v) is 4.03. The van der Waals surface area contributed by atoms with Crippen molar-refractivity contribution in [1.82, 2.24) is 10.6 Å². The number of hydrogen-bond donors (Lipinski definition) is 2. The van der Waals surface area contributed by atoms with E-state index in [1.54, 1.807) is 52.1 Å². The van der Waals surface area contributed by atoms with Crippen molar-refractivity contribution in [2.24, 2.45) is 4.99 Å². The Bertz CT molecular complexity index is 1320. The number of benzodiazepines with no additional fused rings is 1. The normalized spacial score (nSPS) is 16.1. The molecule has 8 nitrogen and oxygen atoms in total. The van der Waals surface area contributed by atoms with Gasteiger partial charge in [-0.05, 0) is 32.4 Å². The molecule has 3 amide bonds. The van der Waals surface area contributed by atoms with Gasteiger partial charge in [-0.3, -0.25) is 9.59 Å². The molecule has 0 unspecified atom stereocenters. The molecule has 4 rings (SSSR count). The summed E-state index contributed by atoms with van der Waals surface area (Å²) in [6.45, 7) is 5.21. The number of ether oxygens (including phenoxy) is 1. The third-order valence-electron chi connectivity index (χ3n) is 5.73. The first-order valence-corrected chi connectivity index (χ1v) is 12.0. The first-order chi connectivity index (χ1) is 17.6. The summed E-state index contributed by atoms with van der Waals surface area (Å²) in [5.74, 6) is -0.998. The van der Waals surface area contributed by atoms with Crippen LogP contribution in [-0.2, 0) is 14.3 Å². The molecule has 0 saturated heterocycles. The number of fused-ring (bicyclic) bond motifs is 1. The van der Waals surface area contributed by atoms with Crippen molar-refractivity contribution < 1.29 is 19.1 Å². The molecule has 0 aliphatic carbocycles. The van der Waals surface area contributed by atoms with Gasteiger partial charge in [0.15, 0.2) is 0 Å². The summed E-state index contributed by atoms with van der Waals surface area (Å²) < 4.78 is 5.37. The van der Waals surface area contributed by atoms with Crippen molar-refractivity contribution in [3.05, 3.63) is 102 Å².